The molecule has 0 heterocycles. The van der Waals surface area contributed by atoms with E-state index in [1.807, 2.05) is 24.3 Å². The van der Waals surface area contributed by atoms with Crippen LogP contribution in [0, 0.1) is 5.82 Å². The molecule has 0 saturated carbocycles. The van der Waals surface area contributed by atoms with Gasteiger partial charge in [-0.3, -0.25) is 0 Å². The Morgan fingerprint density at radius 2 is 1.87 bits per heavy atom. The second kappa shape index (κ2) is 7.98. The number of benzene rings is 2. The van der Waals surface area contributed by atoms with Crippen molar-refractivity contribution < 1.29 is 13.9 Å². The van der Waals surface area contributed by atoms with E-state index in [1.54, 1.807) is 18.1 Å². The van der Waals surface area contributed by atoms with E-state index < -0.39 is 0 Å². The number of halogens is 1. The largest absolute Gasteiger partial charge is 0.497 e. The van der Waals surface area contributed by atoms with Crippen molar-refractivity contribution in [3.05, 3.63) is 72.6 Å². The molecule has 0 unspecified atom stereocenters. The summed E-state index contributed by atoms with van der Waals surface area (Å²) in [7, 11) is 1.61. The Morgan fingerprint density at radius 3 is 2.43 bits per heavy atom. The molecule has 5 heteroatoms. The number of urea groups is 1. The summed E-state index contributed by atoms with van der Waals surface area (Å²) in [4.78, 5) is 14.0. The van der Waals surface area contributed by atoms with Gasteiger partial charge in [-0.05, 0) is 42.0 Å². The average Bonchev–Trinajstić information content (AvgIpc) is 2.57. The Morgan fingerprint density at radius 1 is 1.22 bits per heavy atom. The predicted molar refractivity (Wildman–Crippen MR) is 89.0 cm³/mol. The van der Waals surface area contributed by atoms with Gasteiger partial charge in [0.15, 0.2) is 0 Å². The summed E-state index contributed by atoms with van der Waals surface area (Å²) in [6.07, 6.45) is 1.66. The molecule has 4 nitrogen and oxygen atoms in total. The van der Waals surface area contributed by atoms with Gasteiger partial charge in [0, 0.05) is 18.8 Å². The zero-order valence-corrected chi connectivity index (χ0v) is 13.0. The highest BCUT2D eigenvalue weighted by Gasteiger charge is 2.13. The van der Waals surface area contributed by atoms with Gasteiger partial charge in [0.05, 0.1) is 7.11 Å². The Bertz CT molecular complexity index is 654. The van der Waals surface area contributed by atoms with Crippen LogP contribution in [0.3, 0.4) is 0 Å². The number of hydrogen-bond donors (Lipinski definition) is 1. The predicted octanol–water partition coefficient (Wildman–Crippen LogP) is 4.05. The van der Waals surface area contributed by atoms with Crippen molar-refractivity contribution in [3.63, 3.8) is 0 Å². The van der Waals surface area contributed by atoms with Gasteiger partial charge in [0.1, 0.15) is 11.6 Å². The number of nitrogens with one attached hydrogen (secondary N) is 1. The van der Waals surface area contributed by atoms with Gasteiger partial charge in [-0.2, -0.15) is 0 Å². The molecule has 0 aromatic heterocycles. The molecular formula is C18H19FN2O2. The minimum atomic E-state index is -0.343. The second-order valence-corrected chi connectivity index (χ2v) is 4.95. The van der Waals surface area contributed by atoms with Crippen LogP contribution in [0.4, 0.5) is 14.9 Å². The lowest BCUT2D eigenvalue weighted by Crippen LogP contribution is -2.34. The zero-order valence-electron chi connectivity index (χ0n) is 13.0. The highest BCUT2D eigenvalue weighted by atomic mass is 19.1. The van der Waals surface area contributed by atoms with E-state index in [0.717, 1.165) is 11.3 Å². The Kier molecular flexibility index (Phi) is 5.74. The van der Waals surface area contributed by atoms with Gasteiger partial charge in [-0.25, -0.2) is 9.18 Å². The standard InChI is InChI=1S/C18H19FN2O2/c1-3-12-21(13-14-4-10-17(23-2)11-5-14)18(22)20-16-8-6-15(19)7-9-16/h3-11H,1,12-13H2,2H3,(H,20,22). The molecule has 2 amide bonds. The fourth-order valence-corrected chi connectivity index (χ4v) is 2.06. The van der Waals surface area contributed by atoms with Crippen LogP contribution in [0.15, 0.2) is 61.2 Å². The summed E-state index contributed by atoms with van der Waals surface area (Å²) in [5.41, 5.74) is 1.52. The first-order valence-corrected chi connectivity index (χ1v) is 7.17. The maximum Gasteiger partial charge on any atom is 0.322 e. The Hall–Kier alpha value is -2.82. The first kappa shape index (κ1) is 16.5. The van der Waals surface area contributed by atoms with Crippen molar-refractivity contribution in [2.75, 3.05) is 19.0 Å². The van der Waals surface area contributed by atoms with Gasteiger partial charge < -0.3 is 15.0 Å². The minimum Gasteiger partial charge on any atom is -0.497 e. The quantitative estimate of drug-likeness (QED) is 0.817. The van der Waals surface area contributed by atoms with E-state index in [1.165, 1.54) is 24.3 Å². The first-order valence-electron chi connectivity index (χ1n) is 7.17. The van der Waals surface area contributed by atoms with E-state index in [9.17, 15) is 9.18 Å². The third kappa shape index (κ3) is 4.85. The van der Waals surface area contributed by atoms with Crippen molar-refractivity contribution in [3.8, 4) is 5.75 Å². The molecule has 0 spiro atoms. The smallest absolute Gasteiger partial charge is 0.322 e. The molecule has 120 valence electrons. The number of rotatable bonds is 6. The van der Waals surface area contributed by atoms with Gasteiger partial charge >= 0.3 is 6.03 Å². The van der Waals surface area contributed by atoms with Crippen molar-refractivity contribution in [2.24, 2.45) is 0 Å². The SMILES string of the molecule is C=CCN(Cc1ccc(OC)cc1)C(=O)Nc1ccc(F)cc1. The maximum atomic E-state index is 12.9. The normalized spacial score (nSPS) is 10.0. The van der Waals surface area contributed by atoms with E-state index in [2.05, 4.69) is 11.9 Å². The van der Waals surface area contributed by atoms with E-state index >= 15 is 0 Å². The molecule has 0 radical (unpaired) electrons. The molecule has 0 aliphatic carbocycles. The molecule has 23 heavy (non-hydrogen) atoms. The summed E-state index contributed by atoms with van der Waals surface area (Å²) >= 11 is 0. The highest BCUT2D eigenvalue weighted by Crippen LogP contribution is 2.14. The third-order valence-electron chi connectivity index (χ3n) is 3.26. The summed E-state index contributed by atoms with van der Waals surface area (Å²) in [5.74, 6) is 0.420. The van der Waals surface area contributed by atoms with Crippen LogP contribution in [-0.4, -0.2) is 24.6 Å². The van der Waals surface area contributed by atoms with Gasteiger partial charge in [-0.15, -0.1) is 6.58 Å². The summed E-state index contributed by atoms with van der Waals surface area (Å²) in [5, 5.41) is 2.74. The number of nitrogens with zero attached hydrogens (tertiary/aromatic N) is 1. The third-order valence-corrected chi connectivity index (χ3v) is 3.26. The van der Waals surface area contributed by atoms with Crippen molar-refractivity contribution in [2.45, 2.75) is 6.54 Å². The van der Waals surface area contributed by atoms with Crippen LogP contribution >= 0.6 is 0 Å². The van der Waals surface area contributed by atoms with E-state index in [0.29, 0.717) is 18.8 Å². The fourth-order valence-electron chi connectivity index (χ4n) is 2.06. The first-order chi connectivity index (χ1) is 11.1. The molecule has 2 aromatic carbocycles. The number of anilines is 1. The number of amides is 2. The summed E-state index contributed by atoms with van der Waals surface area (Å²) in [6, 6.07) is 12.9. The molecule has 0 fully saturated rings. The topological polar surface area (TPSA) is 41.6 Å². The molecule has 1 N–H and O–H groups in total. The maximum absolute atomic E-state index is 12.9. The fraction of sp³-hybridized carbons (Fsp3) is 0.167. The van der Waals surface area contributed by atoms with Crippen LogP contribution in [0.25, 0.3) is 0 Å². The van der Waals surface area contributed by atoms with Gasteiger partial charge in [-0.1, -0.05) is 18.2 Å². The van der Waals surface area contributed by atoms with Crippen molar-refractivity contribution >= 4 is 11.7 Å². The number of carbonyl (C=O) groups is 1. The van der Waals surface area contributed by atoms with Crippen LogP contribution in [0.1, 0.15) is 5.56 Å². The Balaban J connectivity index is 2.05. The number of carbonyl (C=O) groups excluding carboxylic acids is 1. The monoisotopic (exact) mass is 314 g/mol. The van der Waals surface area contributed by atoms with Crippen molar-refractivity contribution in [1.29, 1.82) is 0 Å². The lowest BCUT2D eigenvalue weighted by Gasteiger charge is -2.22. The van der Waals surface area contributed by atoms with E-state index in [-0.39, 0.29) is 11.8 Å². The molecule has 0 atom stereocenters. The second-order valence-electron chi connectivity index (χ2n) is 4.95. The number of hydrogen-bond acceptors (Lipinski definition) is 2. The minimum absolute atomic E-state index is 0.271. The Labute approximate surface area is 135 Å². The lowest BCUT2D eigenvalue weighted by atomic mass is 10.2. The summed E-state index contributed by atoms with van der Waals surface area (Å²) < 4.78 is 18.0. The highest BCUT2D eigenvalue weighted by molar-refractivity contribution is 5.89. The summed E-state index contributed by atoms with van der Waals surface area (Å²) in [6.45, 7) is 4.51. The van der Waals surface area contributed by atoms with Crippen LogP contribution < -0.4 is 10.1 Å². The van der Waals surface area contributed by atoms with Crippen LogP contribution in [-0.2, 0) is 6.54 Å². The van der Waals surface area contributed by atoms with Gasteiger partial charge in [0.25, 0.3) is 0 Å². The lowest BCUT2D eigenvalue weighted by molar-refractivity contribution is 0.215. The molecule has 0 saturated heterocycles. The molecule has 0 aliphatic heterocycles. The number of ether oxygens (including phenoxy) is 1. The molecular weight excluding hydrogens is 295 g/mol. The number of methoxy groups -OCH3 is 1. The van der Waals surface area contributed by atoms with Gasteiger partial charge in [0.2, 0.25) is 0 Å². The van der Waals surface area contributed by atoms with Crippen LogP contribution in [0.5, 0.6) is 5.75 Å². The zero-order chi connectivity index (χ0) is 16.7. The van der Waals surface area contributed by atoms with Crippen molar-refractivity contribution in [1.82, 2.24) is 4.90 Å². The average molecular weight is 314 g/mol. The van der Waals surface area contributed by atoms with Crippen LogP contribution in [0.2, 0.25) is 0 Å². The molecule has 2 aromatic rings. The molecule has 0 bridgehead atoms. The van der Waals surface area contributed by atoms with E-state index in [4.69, 9.17) is 4.74 Å². The molecule has 0 aliphatic rings. The molecule has 2 rings (SSSR count).